The average Bonchev–Trinajstić information content (AvgIpc) is 2.77. The molecule has 0 aliphatic heterocycles. The van der Waals surface area contributed by atoms with Crippen LogP contribution in [0.4, 0.5) is 0 Å². The molecule has 1 unspecified atom stereocenters. The summed E-state index contributed by atoms with van der Waals surface area (Å²) in [7, 11) is 1.69. The van der Waals surface area contributed by atoms with Gasteiger partial charge in [-0.2, -0.15) is 0 Å². The maximum atomic E-state index is 5.27. The molecule has 104 valence electrons. The van der Waals surface area contributed by atoms with Crippen molar-refractivity contribution < 1.29 is 4.74 Å². The average molecular weight is 261 g/mol. The molecule has 1 heterocycles. The summed E-state index contributed by atoms with van der Waals surface area (Å²) in [6.45, 7) is 8.41. The van der Waals surface area contributed by atoms with Crippen molar-refractivity contribution in [3.63, 3.8) is 0 Å². The van der Waals surface area contributed by atoms with Crippen LogP contribution >= 0.6 is 0 Å². The van der Waals surface area contributed by atoms with E-state index in [4.69, 9.17) is 9.72 Å². The van der Waals surface area contributed by atoms with Gasteiger partial charge in [-0.3, -0.25) is 0 Å². The van der Waals surface area contributed by atoms with E-state index in [2.05, 4.69) is 36.7 Å². The smallest absolute Gasteiger partial charge is 0.126 e. The lowest BCUT2D eigenvalue weighted by Crippen LogP contribution is -2.21. The Morgan fingerprint density at radius 3 is 2.79 bits per heavy atom. The molecule has 1 aromatic carbocycles. The Morgan fingerprint density at radius 1 is 1.37 bits per heavy atom. The molecule has 1 N–H and O–H groups in total. The van der Waals surface area contributed by atoms with E-state index in [1.165, 1.54) is 5.52 Å². The third kappa shape index (κ3) is 2.73. The third-order valence-electron chi connectivity index (χ3n) is 3.33. The van der Waals surface area contributed by atoms with Crippen molar-refractivity contribution >= 4 is 11.0 Å². The lowest BCUT2D eigenvalue weighted by Gasteiger charge is -2.14. The van der Waals surface area contributed by atoms with Crippen LogP contribution in [0.1, 0.15) is 39.1 Å². The van der Waals surface area contributed by atoms with E-state index in [-0.39, 0.29) is 6.04 Å². The second-order valence-corrected chi connectivity index (χ2v) is 4.76. The van der Waals surface area contributed by atoms with Gasteiger partial charge in [0, 0.05) is 12.6 Å². The Hall–Kier alpha value is -1.55. The van der Waals surface area contributed by atoms with Crippen molar-refractivity contribution in [1.82, 2.24) is 14.9 Å². The van der Waals surface area contributed by atoms with E-state index in [1.54, 1.807) is 7.11 Å². The highest BCUT2D eigenvalue weighted by molar-refractivity contribution is 5.78. The van der Waals surface area contributed by atoms with Crippen LogP contribution in [-0.4, -0.2) is 23.2 Å². The van der Waals surface area contributed by atoms with Gasteiger partial charge in [0.2, 0.25) is 0 Å². The molecule has 0 aliphatic rings. The minimum absolute atomic E-state index is 0.259. The number of hydrogen-bond acceptors (Lipinski definition) is 3. The second-order valence-electron chi connectivity index (χ2n) is 4.76. The van der Waals surface area contributed by atoms with Crippen LogP contribution in [0.15, 0.2) is 18.2 Å². The number of hydrogen-bond donors (Lipinski definition) is 1. The molecule has 1 aromatic heterocycles. The summed E-state index contributed by atoms with van der Waals surface area (Å²) in [5, 5.41) is 3.44. The monoisotopic (exact) mass is 261 g/mol. The number of rotatable bonds is 6. The summed E-state index contributed by atoms with van der Waals surface area (Å²) in [6, 6.07) is 6.36. The molecular weight excluding hydrogens is 238 g/mol. The minimum atomic E-state index is 0.259. The van der Waals surface area contributed by atoms with Crippen molar-refractivity contribution in [2.24, 2.45) is 0 Å². The molecule has 0 fully saturated rings. The fourth-order valence-corrected chi connectivity index (χ4v) is 2.44. The van der Waals surface area contributed by atoms with Gasteiger partial charge in [-0.15, -0.1) is 0 Å². The molecule has 0 radical (unpaired) electrons. The van der Waals surface area contributed by atoms with Gasteiger partial charge < -0.3 is 14.6 Å². The maximum Gasteiger partial charge on any atom is 0.126 e. The predicted molar refractivity (Wildman–Crippen MR) is 78.7 cm³/mol. The predicted octanol–water partition coefficient (Wildman–Crippen LogP) is 3.13. The number of fused-ring (bicyclic) bond motifs is 1. The Bertz CT molecular complexity index is 548. The van der Waals surface area contributed by atoms with Crippen molar-refractivity contribution in [1.29, 1.82) is 0 Å². The van der Waals surface area contributed by atoms with Crippen molar-refractivity contribution in [2.45, 2.75) is 39.8 Å². The molecule has 4 heteroatoms. The van der Waals surface area contributed by atoms with Gasteiger partial charge in [0.15, 0.2) is 0 Å². The second kappa shape index (κ2) is 6.06. The van der Waals surface area contributed by atoms with E-state index >= 15 is 0 Å². The van der Waals surface area contributed by atoms with E-state index in [1.807, 2.05) is 12.1 Å². The molecule has 0 amide bonds. The molecule has 19 heavy (non-hydrogen) atoms. The van der Waals surface area contributed by atoms with Crippen LogP contribution in [0.25, 0.3) is 11.0 Å². The first kappa shape index (κ1) is 13.9. The number of aryl methyl sites for hydroxylation is 1. The maximum absolute atomic E-state index is 5.27. The summed E-state index contributed by atoms with van der Waals surface area (Å²) in [5.41, 5.74) is 2.19. The van der Waals surface area contributed by atoms with Crippen molar-refractivity contribution in [3.05, 3.63) is 24.0 Å². The SMILES string of the molecule is CCCn1c(C(C)NCC)nc2cc(OC)ccc21. The van der Waals surface area contributed by atoms with Crippen LogP contribution in [-0.2, 0) is 6.54 Å². The topological polar surface area (TPSA) is 39.1 Å². The quantitative estimate of drug-likeness (QED) is 0.868. The first-order chi connectivity index (χ1) is 9.21. The molecule has 1 atom stereocenters. The molecular formula is C15H23N3O. The Kier molecular flexibility index (Phi) is 4.43. The van der Waals surface area contributed by atoms with Gasteiger partial charge in [0.1, 0.15) is 11.6 Å². The van der Waals surface area contributed by atoms with E-state index in [0.717, 1.165) is 36.6 Å². The van der Waals surface area contributed by atoms with E-state index < -0.39 is 0 Å². The Balaban J connectivity index is 2.51. The highest BCUT2D eigenvalue weighted by atomic mass is 16.5. The Morgan fingerprint density at radius 2 is 2.16 bits per heavy atom. The van der Waals surface area contributed by atoms with Gasteiger partial charge in [-0.25, -0.2) is 4.98 Å². The lowest BCUT2D eigenvalue weighted by molar-refractivity contribution is 0.415. The lowest BCUT2D eigenvalue weighted by atomic mass is 10.3. The van der Waals surface area contributed by atoms with E-state index in [9.17, 15) is 0 Å². The van der Waals surface area contributed by atoms with Crippen LogP contribution in [0.3, 0.4) is 0 Å². The van der Waals surface area contributed by atoms with Crippen LogP contribution in [0, 0.1) is 0 Å². The van der Waals surface area contributed by atoms with Crippen LogP contribution in [0.5, 0.6) is 5.75 Å². The van der Waals surface area contributed by atoms with Crippen LogP contribution in [0.2, 0.25) is 0 Å². The number of nitrogens with one attached hydrogen (secondary N) is 1. The third-order valence-corrected chi connectivity index (χ3v) is 3.33. The number of imidazole rings is 1. The first-order valence-corrected chi connectivity index (χ1v) is 6.98. The fourth-order valence-electron chi connectivity index (χ4n) is 2.44. The summed E-state index contributed by atoms with van der Waals surface area (Å²) < 4.78 is 7.58. The molecule has 0 saturated heterocycles. The largest absolute Gasteiger partial charge is 0.497 e. The highest BCUT2D eigenvalue weighted by Crippen LogP contribution is 2.24. The van der Waals surface area contributed by atoms with Gasteiger partial charge in [0.05, 0.1) is 24.2 Å². The molecule has 0 saturated carbocycles. The molecule has 4 nitrogen and oxygen atoms in total. The summed E-state index contributed by atoms with van der Waals surface area (Å²) in [6.07, 6.45) is 1.10. The molecule has 0 aliphatic carbocycles. The first-order valence-electron chi connectivity index (χ1n) is 6.98. The van der Waals surface area contributed by atoms with Gasteiger partial charge in [0.25, 0.3) is 0 Å². The highest BCUT2D eigenvalue weighted by Gasteiger charge is 2.15. The zero-order valence-corrected chi connectivity index (χ0v) is 12.2. The number of nitrogens with zero attached hydrogens (tertiary/aromatic N) is 2. The van der Waals surface area contributed by atoms with E-state index in [0.29, 0.717) is 0 Å². The zero-order valence-electron chi connectivity index (χ0n) is 12.2. The number of benzene rings is 1. The zero-order chi connectivity index (χ0) is 13.8. The van der Waals surface area contributed by atoms with Gasteiger partial charge in [-0.05, 0) is 32.0 Å². The Labute approximate surface area is 114 Å². The molecule has 0 spiro atoms. The normalized spacial score (nSPS) is 12.8. The number of ether oxygens (including phenoxy) is 1. The molecule has 2 aromatic rings. The summed E-state index contributed by atoms with van der Waals surface area (Å²) in [5.74, 6) is 1.96. The van der Waals surface area contributed by atoms with Crippen molar-refractivity contribution in [3.8, 4) is 5.75 Å². The number of methoxy groups -OCH3 is 1. The van der Waals surface area contributed by atoms with Crippen LogP contribution < -0.4 is 10.1 Å². The molecule has 2 rings (SSSR count). The van der Waals surface area contributed by atoms with Gasteiger partial charge in [-0.1, -0.05) is 13.8 Å². The summed E-state index contributed by atoms with van der Waals surface area (Å²) in [4.78, 5) is 4.78. The fraction of sp³-hybridized carbons (Fsp3) is 0.533. The summed E-state index contributed by atoms with van der Waals surface area (Å²) >= 11 is 0. The number of aromatic nitrogens is 2. The molecule has 0 bridgehead atoms. The van der Waals surface area contributed by atoms with Gasteiger partial charge >= 0.3 is 0 Å². The standard InChI is InChI=1S/C15H23N3O/c1-5-9-18-14-8-7-12(19-4)10-13(14)17-15(18)11(3)16-6-2/h7-8,10-11,16H,5-6,9H2,1-4H3. The van der Waals surface area contributed by atoms with Crippen molar-refractivity contribution in [2.75, 3.05) is 13.7 Å². The minimum Gasteiger partial charge on any atom is -0.497 e.